The van der Waals surface area contributed by atoms with Gasteiger partial charge in [-0.3, -0.25) is 0 Å². The monoisotopic (exact) mass is 209 g/mol. The second-order valence-electron chi connectivity index (χ2n) is 5.78. The van der Waals surface area contributed by atoms with Gasteiger partial charge in [-0.25, -0.2) is 0 Å². The summed E-state index contributed by atoms with van der Waals surface area (Å²) >= 11 is 0. The maximum atomic E-state index is 5.62. The number of rotatable bonds is 3. The Morgan fingerprint density at radius 3 is 2.53 bits per heavy atom. The molecule has 1 heterocycles. The average molecular weight is 209 g/mol. The van der Waals surface area contributed by atoms with Gasteiger partial charge in [0.05, 0.1) is 6.61 Å². The molecule has 2 saturated carbocycles. The lowest BCUT2D eigenvalue weighted by Gasteiger charge is -2.34. The van der Waals surface area contributed by atoms with Crippen LogP contribution in [0, 0.1) is 23.7 Å². The smallest absolute Gasteiger partial charge is 0.0509 e. The van der Waals surface area contributed by atoms with E-state index < -0.39 is 0 Å². The summed E-state index contributed by atoms with van der Waals surface area (Å²) < 4.78 is 5.62. The van der Waals surface area contributed by atoms with Crippen LogP contribution in [0.2, 0.25) is 0 Å². The number of fused-ring (bicyclic) bond motifs is 1. The van der Waals surface area contributed by atoms with Crippen molar-refractivity contribution < 1.29 is 4.74 Å². The zero-order valence-corrected chi connectivity index (χ0v) is 9.74. The molecule has 3 aliphatic rings. The molecule has 0 radical (unpaired) electrons. The van der Waals surface area contributed by atoms with Crippen LogP contribution < -0.4 is 5.32 Å². The zero-order valence-electron chi connectivity index (χ0n) is 9.74. The molecule has 0 bridgehead atoms. The van der Waals surface area contributed by atoms with Gasteiger partial charge in [0.15, 0.2) is 0 Å². The third kappa shape index (κ3) is 1.94. The lowest BCUT2D eigenvalue weighted by Crippen LogP contribution is -2.43. The molecule has 3 rings (SSSR count). The number of ether oxygens (including phenoxy) is 1. The Morgan fingerprint density at radius 1 is 1.13 bits per heavy atom. The summed E-state index contributed by atoms with van der Waals surface area (Å²) in [5.41, 5.74) is 0. The van der Waals surface area contributed by atoms with Crippen molar-refractivity contribution >= 4 is 0 Å². The Balaban J connectivity index is 1.59. The largest absolute Gasteiger partial charge is 0.381 e. The summed E-state index contributed by atoms with van der Waals surface area (Å²) in [4.78, 5) is 0. The molecular formula is C13H23NO. The molecule has 0 amide bonds. The number of hydrogen-bond donors (Lipinski definition) is 1. The van der Waals surface area contributed by atoms with Crippen molar-refractivity contribution in [3.63, 3.8) is 0 Å². The molecule has 0 aromatic rings. The van der Waals surface area contributed by atoms with Crippen LogP contribution in [0.1, 0.15) is 32.1 Å². The van der Waals surface area contributed by atoms with Crippen molar-refractivity contribution in [2.75, 3.05) is 20.3 Å². The fourth-order valence-electron chi connectivity index (χ4n) is 3.96. The highest BCUT2D eigenvalue weighted by molar-refractivity contribution is 5.00. The van der Waals surface area contributed by atoms with E-state index in [-0.39, 0.29) is 0 Å². The van der Waals surface area contributed by atoms with Gasteiger partial charge in [-0.15, -0.1) is 0 Å². The van der Waals surface area contributed by atoms with Crippen LogP contribution in [0.15, 0.2) is 0 Å². The van der Waals surface area contributed by atoms with Crippen LogP contribution in [0.4, 0.5) is 0 Å². The maximum absolute atomic E-state index is 5.62. The maximum Gasteiger partial charge on any atom is 0.0509 e. The molecule has 0 aromatic heterocycles. The summed E-state index contributed by atoms with van der Waals surface area (Å²) in [7, 11) is 2.14. The molecule has 3 fully saturated rings. The second-order valence-corrected chi connectivity index (χ2v) is 5.78. The lowest BCUT2D eigenvalue weighted by atomic mass is 9.82. The molecule has 15 heavy (non-hydrogen) atoms. The van der Waals surface area contributed by atoms with E-state index in [0.29, 0.717) is 0 Å². The standard InChI is InChI=1S/C13H23NO/c1-14-13(9-3-2-4-15-8-9)12-6-10-5-11(10)7-12/h9-14H,2-8H2,1H3. The average Bonchev–Trinajstić information content (AvgIpc) is 2.89. The molecule has 0 spiro atoms. The molecular weight excluding hydrogens is 186 g/mol. The van der Waals surface area contributed by atoms with Crippen LogP contribution in [0.3, 0.4) is 0 Å². The number of hydrogen-bond acceptors (Lipinski definition) is 2. The summed E-state index contributed by atoms with van der Waals surface area (Å²) in [5.74, 6) is 3.95. The molecule has 0 aromatic carbocycles. The Kier molecular flexibility index (Phi) is 2.73. The van der Waals surface area contributed by atoms with Gasteiger partial charge in [-0.1, -0.05) is 0 Å². The van der Waals surface area contributed by atoms with E-state index >= 15 is 0 Å². The first kappa shape index (κ1) is 10.1. The van der Waals surface area contributed by atoms with Gasteiger partial charge in [-0.05, 0) is 62.8 Å². The van der Waals surface area contributed by atoms with E-state index in [1.165, 1.54) is 32.1 Å². The van der Waals surface area contributed by atoms with Crippen molar-refractivity contribution in [1.82, 2.24) is 5.32 Å². The summed E-state index contributed by atoms with van der Waals surface area (Å²) in [6.07, 6.45) is 7.16. The Morgan fingerprint density at radius 2 is 1.93 bits per heavy atom. The molecule has 1 N–H and O–H groups in total. The third-order valence-electron chi connectivity index (χ3n) is 4.82. The summed E-state index contributed by atoms with van der Waals surface area (Å²) in [6.45, 7) is 1.99. The van der Waals surface area contributed by atoms with Gasteiger partial charge >= 0.3 is 0 Å². The minimum atomic E-state index is 0.734. The van der Waals surface area contributed by atoms with E-state index in [9.17, 15) is 0 Å². The first-order chi connectivity index (χ1) is 7.38. The molecule has 2 nitrogen and oxygen atoms in total. The third-order valence-corrected chi connectivity index (χ3v) is 4.82. The van der Waals surface area contributed by atoms with Crippen LogP contribution in [0.5, 0.6) is 0 Å². The highest BCUT2D eigenvalue weighted by Crippen LogP contribution is 2.55. The highest BCUT2D eigenvalue weighted by atomic mass is 16.5. The van der Waals surface area contributed by atoms with Crippen molar-refractivity contribution in [1.29, 1.82) is 0 Å². The van der Waals surface area contributed by atoms with Crippen molar-refractivity contribution in [3.8, 4) is 0 Å². The second kappa shape index (κ2) is 4.06. The molecule has 86 valence electrons. The van der Waals surface area contributed by atoms with Crippen molar-refractivity contribution in [2.24, 2.45) is 23.7 Å². The van der Waals surface area contributed by atoms with Crippen molar-refractivity contribution in [2.45, 2.75) is 38.1 Å². The lowest BCUT2D eigenvalue weighted by molar-refractivity contribution is 0.0294. The fraction of sp³-hybridized carbons (Fsp3) is 1.00. The molecule has 4 unspecified atom stereocenters. The Bertz CT molecular complexity index is 213. The first-order valence-electron chi connectivity index (χ1n) is 6.63. The van der Waals surface area contributed by atoms with Gasteiger partial charge in [0.1, 0.15) is 0 Å². The molecule has 2 heteroatoms. The predicted molar refractivity (Wildman–Crippen MR) is 60.7 cm³/mol. The van der Waals surface area contributed by atoms with Crippen LogP contribution in [0.25, 0.3) is 0 Å². The van der Waals surface area contributed by atoms with E-state index in [2.05, 4.69) is 12.4 Å². The minimum absolute atomic E-state index is 0.734. The van der Waals surface area contributed by atoms with Gasteiger partial charge in [0.25, 0.3) is 0 Å². The minimum Gasteiger partial charge on any atom is -0.381 e. The first-order valence-corrected chi connectivity index (χ1v) is 6.63. The van der Waals surface area contributed by atoms with Gasteiger partial charge < -0.3 is 10.1 Å². The van der Waals surface area contributed by atoms with E-state index in [1.54, 1.807) is 0 Å². The summed E-state index contributed by atoms with van der Waals surface area (Å²) in [5, 5.41) is 3.57. The topological polar surface area (TPSA) is 21.3 Å². The van der Waals surface area contributed by atoms with E-state index in [0.717, 1.165) is 42.9 Å². The van der Waals surface area contributed by atoms with Crippen LogP contribution >= 0.6 is 0 Å². The molecule has 1 saturated heterocycles. The zero-order chi connectivity index (χ0) is 10.3. The normalized spacial score (nSPS) is 46.2. The van der Waals surface area contributed by atoms with Gasteiger partial charge in [-0.2, -0.15) is 0 Å². The highest BCUT2D eigenvalue weighted by Gasteiger charge is 2.48. The Labute approximate surface area is 92.8 Å². The SMILES string of the molecule is CNC(C1CCCOC1)C1CC2CC2C1. The molecule has 1 aliphatic heterocycles. The molecule has 2 aliphatic carbocycles. The van der Waals surface area contributed by atoms with Crippen molar-refractivity contribution in [3.05, 3.63) is 0 Å². The van der Waals surface area contributed by atoms with Crippen LogP contribution in [-0.2, 0) is 4.74 Å². The van der Waals surface area contributed by atoms with Gasteiger partial charge in [0, 0.05) is 12.6 Å². The predicted octanol–water partition coefficient (Wildman–Crippen LogP) is 2.05. The Hall–Kier alpha value is -0.0800. The fourth-order valence-corrected chi connectivity index (χ4v) is 3.96. The summed E-state index contributed by atoms with van der Waals surface area (Å²) in [6, 6.07) is 0.734. The number of nitrogens with one attached hydrogen (secondary N) is 1. The quantitative estimate of drug-likeness (QED) is 0.768. The van der Waals surface area contributed by atoms with E-state index in [1.807, 2.05) is 0 Å². The van der Waals surface area contributed by atoms with Gasteiger partial charge in [0.2, 0.25) is 0 Å². The molecule has 4 atom stereocenters. The van der Waals surface area contributed by atoms with E-state index in [4.69, 9.17) is 4.74 Å². The van der Waals surface area contributed by atoms with Crippen LogP contribution in [-0.4, -0.2) is 26.3 Å².